The van der Waals surface area contributed by atoms with Crippen LogP contribution in [0.2, 0.25) is 0 Å². The third-order valence-corrected chi connectivity index (χ3v) is 7.13. The zero-order chi connectivity index (χ0) is 27.1. The van der Waals surface area contributed by atoms with Crippen LogP contribution < -0.4 is 19.5 Å². The van der Waals surface area contributed by atoms with Crippen LogP contribution in [0.1, 0.15) is 30.5 Å². The third-order valence-electron chi connectivity index (χ3n) is 5.74. The quantitative estimate of drug-likeness (QED) is 0.300. The Morgan fingerprint density at radius 2 is 1.71 bits per heavy atom. The number of sulfonamides is 1. The van der Waals surface area contributed by atoms with Crippen LogP contribution in [0.3, 0.4) is 0 Å². The lowest BCUT2D eigenvalue weighted by Crippen LogP contribution is -2.46. The Kier molecular flexibility index (Phi) is 11.0. The molecule has 1 atom stereocenters. The number of aliphatic hydroxyl groups is 1. The molecule has 0 spiro atoms. The third kappa shape index (κ3) is 8.92. The molecule has 0 aliphatic heterocycles. The summed E-state index contributed by atoms with van der Waals surface area (Å²) in [5, 5.41) is 23.3. The van der Waals surface area contributed by atoms with E-state index in [9.17, 15) is 18.8 Å². The van der Waals surface area contributed by atoms with Crippen LogP contribution in [0.15, 0.2) is 71.6 Å². The maximum absolute atomic E-state index is 12.6. The zero-order valence-corrected chi connectivity index (χ0v) is 23.5. The fraction of sp³-hybridized carbons (Fsp3) is 0.321. The summed E-state index contributed by atoms with van der Waals surface area (Å²) in [6.07, 6.45) is -0.0651. The molecule has 0 aliphatic carbocycles. The molecule has 0 aromatic heterocycles. The van der Waals surface area contributed by atoms with Crippen molar-refractivity contribution < 1.29 is 23.0 Å². The Bertz CT molecular complexity index is 1340. The van der Waals surface area contributed by atoms with E-state index in [4.69, 9.17) is 9.47 Å². The number of β-amino-alcohol motifs (C(OH)–C–C–N with tert-alkyl or cyclic N) is 1. The molecule has 0 amide bonds. The largest absolute Gasteiger partial charge is 0.497 e. The number of nitrogens with one attached hydrogen (secondary N) is 2. The van der Waals surface area contributed by atoms with Crippen LogP contribution in [-0.4, -0.2) is 45.4 Å². The molecule has 3 rings (SSSR count). The molecule has 3 N–H and O–H groups in total. The van der Waals surface area contributed by atoms with E-state index in [1.807, 2.05) is 37.3 Å². The van der Waals surface area contributed by atoms with Gasteiger partial charge in [0.1, 0.15) is 30.3 Å². The molecule has 3 aromatic rings. The first-order chi connectivity index (χ1) is 17.5. The number of anilines is 1. The number of rotatable bonds is 12. The van der Waals surface area contributed by atoms with Crippen molar-refractivity contribution in [1.82, 2.24) is 5.32 Å². The van der Waals surface area contributed by atoms with Gasteiger partial charge in [-0.1, -0.05) is 29.8 Å². The maximum Gasteiger partial charge on any atom is 0.261 e. The normalized spacial score (nSPS) is 12.1. The molecular weight excluding hydrogens is 526 g/mol. The summed E-state index contributed by atoms with van der Waals surface area (Å²) >= 11 is 0. The summed E-state index contributed by atoms with van der Waals surface area (Å²) in [7, 11) is -2.17. The number of aryl methyl sites for hydroxylation is 1. The Balaban J connectivity index is 0.00000507. The van der Waals surface area contributed by atoms with Gasteiger partial charge in [-0.05, 0) is 75.2 Å². The minimum atomic E-state index is -3.80. The van der Waals surface area contributed by atoms with E-state index in [1.165, 1.54) is 30.3 Å². The van der Waals surface area contributed by atoms with E-state index in [0.29, 0.717) is 6.54 Å². The predicted molar refractivity (Wildman–Crippen MR) is 151 cm³/mol. The molecule has 0 bridgehead atoms. The van der Waals surface area contributed by atoms with Gasteiger partial charge in [0, 0.05) is 12.1 Å². The van der Waals surface area contributed by atoms with Gasteiger partial charge in [0.05, 0.1) is 23.3 Å². The number of aliphatic hydroxyl groups excluding tert-OH is 1. The van der Waals surface area contributed by atoms with Crippen molar-refractivity contribution in [1.29, 1.82) is 5.26 Å². The SMILES string of the molecule is COc1ccc(CC(C)(C)NC[C@@H](O)COc2ccc(NS(=O)(=O)c3ccc(C)cc3)cc2C#N)cc1.Cl. The molecule has 0 saturated heterocycles. The van der Waals surface area contributed by atoms with E-state index < -0.39 is 16.1 Å². The monoisotopic (exact) mass is 559 g/mol. The number of nitrogens with zero attached hydrogens (tertiary/aromatic N) is 1. The van der Waals surface area contributed by atoms with Crippen molar-refractivity contribution in [2.45, 2.75) is 43.7 Å². The molecule has 3 aromatic carbocycles. The van der Waals surface area contributed by atoms with E-state index in [-0.39, 0.29) is 46.4 Å². The van der Waals surface area contributed by atoms with Crippen LogP contribution in [0.4, 0.5) is 5.69 Å². The number of hydrogen-bond donors (Lipinski definition) is 3. The zero-order valence-electron chi connectivity index (χ0n) is 21.9. The Labute approximate surface area is 231 Å². The van der Waals surface area contributed by atoms with Crippen LogP contribution in [0.25, 0.3) is 0 Å². The lowest BCUT2D eigenvalue weighted by atomic mass is 9.94. The van der Waals surface area contributed by atoms with Crippen molar-refractivity contribution in [2.75, 3.05) is 25.0 Å². The fourth-order valence-corrected chi connectivity index (χ4v) is 4.74. The number of nitriles is 1. The average Bonchev–Trinajstić information content (AvgIpc) is 2.87. The predicted octanol–water partition coefficient (Wildman–Crippen LogP) is 4.45. The van der Waals surface area contributed by atoms with Crippen molar-refractivity contribution in [3.05, 3.63) is 83.4 Å². The smallest absolute Gasteiger partial charge is 0.261 e. The van der Waals surface area contributed by atoms with E-state index in [0.717, 1.165) is 23.3 Å². The Morgan fingerprint density at radius 3 is 2.32 bits per heavy atom. The summed E-state index contributed by atoms with van der Waals surface area (Å²) in [5.41, 5.74) is 2.21. The van der Waals surface area contributed by atoms with Gasteiger partial charge in [-0.3, -0.25) is 4.72 Å². The molecule has 204 valence electrons. The second kappa shape index (κ2) is 13.5. The number of benzene rings is 3. The minimum Gasteiger partial charge on any atom is -0.497 e. The summed E-state index contributed by atoms with van der Waals surface area (Å²) in [6, 6.07) is 20.8. The van der Waals surface area contributed by atoms with Crippen LogP contribution in [-0.2, 0) is 16.4 Å². The van der Waals surface area contributed by atoms with Crippen LogP contribution in [0.5, 0.6) is 11.5 Å². The van der Waals surface area contributed by atoms with Gasteiger partial charge >= 0.3 is 0 Å². The van der Waals surface area contributed by atoms with Crippen LogP contribution in [0, 0.1) is 18.3 Å². The van der Waals surface area contributed by atoms with Crippen LogP contribution >= 0.6 is 12.4 Å². The second-order valence-corrected chi connectivity index (χ2v) is 11.2. The maximum atomic E-state index is 12.6. The van der Waals surface area contributed by atoms with Gasteiger partial charge in [-0.25, -0.2) is 8.42 Å². The van der Waals surface area contributed by atoms with Crippen molar-refractivity contribution >= 4 is 28.1 Å². The van der Waals surface area contributed by atoms with Crippen molar-refractivity contribution in [3.63, 3.8) is 0 Å². The Morgan fingerprint density at radius 1 is 1.05 bits per heavy atom. The van der Waals surface area contributed by atoms with Gasteiger partial charge in [-0.15, -0.1) is 12.4 Å². The topological polar surface area (TPSA) is 121 Å². The van der Waals surface area contributed by atoms with Crippen molar-refractivity contribution in [3.8, 4) is 17.6 Å². The molecule has 10 heteroatoms. The van der Waals surface area contributed by atoms with Gasteiger partial charge in [0.15, 0.2) is 0 Å². The molecule has 0 aliphatic rings. The highest BCUT2D eigenvalue weighted by molar-refractivity contribution is 7.92. The second-order valence-electron chi connectivity index (χ2n) is 9.50. The fourth-order valence-electron chi connectivity index (χ4n) is 3.69. The first-order valence-electron chi connectivity index (χ1n) is 11.8. The molecule has 0 fully saturated rings. The Hall–Kier alpha value is -3.29. The molecular formula is C28H34ClN3O5S. The van der Waals surface area contributed by atoms with E-state index in [1.54, 1.807) is 19.2 Å². The van der Waals surface area contributed by atoms with Gasteiger partial charge in [-0.2, -0.15) is 5.26 Å². The molecule has 38 heavy (non-hydrogen) atoms. The highest BCUT2D eigenvalue weighted by Gasteiger charge is 2.20. The summed E-state index contributed by atoms with van der Waals surface area (Å²) < 4.78 is 38.6. The van der Waals surface area contributed by atoms with Gasteiger partial charge in [0.2, 0.25) is 0 Å². The van der Waals surface area contributed by atoms with E-state index in [2.05, 4.69) is 23.9 Å². The minimum absolute atomic E-state index is 0. The molecule has 0 radical (unpaired) electrons. The first kappa shape index (κ1) is 30.9. The standard InChI is InChI=1S/C28H33N3O5S.ClH/c1-20-5-12-26(13-6-20)37(33,34)31-23-9-14-27(22(15-23)17-29)36-19-24(32)18-30-28(2,3)16-21-7-10-25(35-4)11-8-21;/h5-15,24,30-32H,16,18-19H2,1-4H3;1H/t24-;/m1./s1. The lowest BCUT2D eigenvalue weighted by molar-refractivity contribution is 0.0987. The molecule has 0 heterocycles. The van der Waals surface area contributed by atoms with Crippen molar-refractivity contribution in [2.24, 2.45) is 0 Å². The number of methoxy groups -OCH3 is 1. The summed E-state index contributed by atoms with van der Waals surface area (Å²) in [5.74, 6) is 1.06. The highest BCUT2D eigenvalue weighted by atomic mass is 35.5. The average molecular weight is 560 g/mol. The van der Waals surface area contributed by atoms with Gasteiger partial charge < -0.3 is 19.9 Å². The summed E-state index contributed by atoms with van der Waals surface area (Å²) in [6.45, 7) is 6.23. The summed E-state index contributed by atoms with van der Waals surface area (Å²) in [4.78, 5) is 0.127. The molecule has 0 saturated carbocycles. The van der Waals surface area contributed by atoms with E-state index >= 15 is 0 Å². The molecule has 0 unspecified atom stereocenters. The lowest BCUT2D eigenvalue weighted by Gasteiger charge is -2.28. The highest BCUT2D eigenvalue weighted by Crippen LogP contribution is 2.25. The first-order valence-corrected chi connectivity index (χ1v) is 13.3. The van der Waals surface area contributed by atoms with Gasteiger partial charge in [0.25, 0.3) is 10.0 Å². The number of ether oxygens (including phenoxy) is 2. The molecule has 8 nitrogen and oxygen atoms in total. The number of hydrogen-bond acceptors (Lipinski definition) is 7. The number of halogens is 1.